The van der Waals surface area contributed by atoms with Gasteiger partial charge in [-0.2, -0.15) is 5.10 Å². The molecule has 2 rings (SSSR count). The number of carbonyl (C=O) groups excluding carboxylic acids is 2. The number of amides is 1. The van der Waals surface area contributed by atoms with Crippen LogP contribution in [-0.2, 0) is 11.3 Å². The molecule has 5 heteroatoms. The standard InChI is InChI=1S/C14H15N3O2/c1-10-12(9-16-17-10)8-15-14(19)7-13(18)11-5-3-2-4-6-11/h2-6,9H,7-8H2,1H3,(H,15,19)(H,16,17). The van der Waals surface area contributed by atoms with E-state index < -0.39 is 0 Å². The van der Waals surface area contributed by atoms with Gasteiger partial charge in [0.2, 0.25) is 5.91 Å². The Morgan fingerprint density at radius 3 is 2.63 bits per heavy atom. The van der Waals surface area contributed by atoms with Crippen LogP contribution in [-0.4, -0.2) is 21.9 Å². The molecule has 2 aromatic rings. The Kier molecular flexibility index (Phi) is 4.07. The van der Waals surface area contributed by atoms with Crippen molar-refractivity contribution < 1.29 is 9.59 Å². The van der Waals surface area contributed by atoms with Gasteiger partial charge in [-0.25, -0.2) is 0 Å². The lowest BCUT2D eigenvalue weighted by Gasteiger charge is -2.04. The summed E-state index contributed by atoms with van der Waals surface area (Å²) in [5.74, 6) is -0.462. The minimum atomic E-state index is -0.283. The summed E-state index contributed by atoms with van der Waals surface area (Å²) in [5.41, 5.74) is 2.38. The zero-order chi connectivity index (χ0) is 13.7. The van der Waals surface area contributed by atoms with E-state index in [0.717, 1.165) is 11.3 Å². The van der Waals surface area contributed by atoms with Crippen LogP contribution in [0.5, 0.6) is 0 Å². The molecule has 1 amide bonds. The van der Waals surface area contributed by atoms with E-state index in [1.54, 1.807) is 30.5 Å². The summed E-state index contributed by atoms with van der Waals surface area (Å²) in [6.07, 6.45) is 1.52. The highest BCUT2D eigenvalue weighted by Crippen LogP contribution is 2.04. The fourth-order valence-electron chi connectivity index (χ4n) is 1.68. The fraction of sp³-hybridized carbons (Fsp3) is 0.214. The van der Waals surface area contributed by atoms with Crippen LogP contribution in [0.1, 0.15) is 28.0 Å². The first-order valence-electron chi connectivity index (χ1n) is 6.00. The van der Waals surface area contributed by atoms with Crippen LogP contribution in [0, 0.1) is 6.92 Å². The van der Waals surface area contributed by atoms with E-state index in [1.165, 1.54) is 0 Å². The average molecular weight is 257 g/mol. The van der Waals surface area contributed by atoms with Crippen LogP contribution in [0.25, 0.3) is 0 Å². The average Bonchev–Trinajstić information content (AvgIpc) is 2.83. The van der Waals surface area contributed by atoms with Gasteiger partial charge in [0.15, 0.2) is 5.78 Å². The molecule has 2 N–H and O–H groups in total. The number of rotatable bonds is 5. The molecule has 1 aromatic heterocycles. The van der Waals surface area contributed by atoms with Crippen molar-refractivity contribution in [1.82, 2.24) is 15.5 Å². The molecular weight excluding hydrogens is 242 g/mol. The molecule has 0 atom stereocenters. The first kappa shape index (κ1) is 13.0. The predicted octanol–water partition coefficient (Wildman–Crippen LogP) is 1.61. The smallest absolute Gasteiger partial charge is 0.228 e. The largest absolute Gasteiger partial charge is 0.352 e. The number of Topliss-reactive ketones (excluding diaryl/α,β-unsaturated/α-hetero) is 1. The van der Waals surface area contributed by atoms with E-state index in [2.05, 4.69) is 15.5 Å². The molecule has 0 bridgehead atoms. The van der Waals surface area contributed by atoms with Crippen LogP contribution >= 0.6 is 0 Å². The number of benzene rings is 1. The normalized spacial score (nSPS) is 10.2. The molecule has 0 aliphatic heterocycles. The Hall–Kier alpha value is -2.43. The molecular formula is C14H15N3O2. The van der Waals surface area contributed by atoms with E-state index >= 15 is 0 Å². The summed E-state index contributed by atoms with van der Waals surface area (Å²) in [7, 11) is 0. The van der Waals surface area contributed by atoms with Crippen LogP contribution in [0.2, 0.25) is 0 Å². The highest BCUT2D eigenvalue weighted by Gasteiger charge is 2.11. The number of nitrogens with zero attached hydrogens (tertiary/aromatic N) is 1. The third-order valence-electron chi connectivity index (χ3n) is 2.83. The molecule has 1 heterocycles. The Balaban J connectivity index is 1.85. The Morgan fingerprint density at radius 1 is 1.26 bits per heavy atom. The number of aromatic amines is 1. The predicted molar refractivity (Wildman–Crippen MR) is 70.6 cm³/mol. The molecule has 0 aliphatic rings. The molecule has 5 nitrogen and oxygen atoms in total. The van der Waals surface area contributed by atoms with Crippen molar-refractivity contribution in [3.05, 3.63) is 53.3 Å². The van der Waals surface area contributed by atoms with Gasteiger partial charge in [0.25, 0.3) is 0 Å². The lowest BCUT2D eigenvalue weighted by atomic mass is 10.1. The number of aryl methyl sites for hydroxylation is 1. The first-order chi connectivity index (χ1) is 9.16. The number of hydrogen-bond donors (Lipinski definition) is 2. The second kappa shape index (κ2) is 5.95. The molecule has 98 valence electrons. The topological polar surface area (TPSA) is 74.8 Å². The molecule has 0 saturated carbocycles. The van der Waals surface area contributed by atoms with E-state index in [0.29, 0.717) is 12.1 Å². The molecule has 0 unspecified atom stereocenters. The van der Waals surface area contributed by atoms with Crippen LogP contribution in [0.15, 0.2) is 36.5 Å². The van der Waals surface area contributed by atoms with Crippen molar-refractivity contribution in [1.29, 1.82) is 0 Å². The molecule has 19 heavy (non-hydrogen) atoms. The number of hydrogen-bond acceptors (Lipinski definition) is 3. The van der Waals surface area contributed by atoms with Crippen molar-refractivity contribution in [2.45, 2.75) is 19.9 Å². The minimum Gasteiger partial charge on any atom is -0.352 e. The van der Waals surface area contributed by atoms with Crippen LogP contribution in [0.4, 0.5) is 0 Å². The number of carbonyl (C=O) groups is 2. The fourth-order valence-corrected chi connectivity index (χ4v) is 1.68. The molecule has 0 saturated heterocycles. The molecule has 1 aromatic carbocycles. The summed E-state index contributed by atoms with van der Waals surface area (Å²) >= 11 is 0. The van der Waals surface area contributed by atoms with E-state index in [4.69, 9.17) is 0 Å². The second-order valence-electron chi connectivity index (χ2n) is 4.26. The second-order valence-corrected chi connectivity index (χ2v) is 4.26. The number of nitrogens with one attached hydrogen (secondary N) is 2. The number of H-pyrrole nitrogens is 1. The van der Waals surface area contributed by atoms with Gasteiger partial charge in [-0.05, 0) is 6.92 Å². The maximum atomic E-state index is 11.8. The monoisotopic (exact) mass is 257 g/mol. The Labute approximate surface area is 111 Å². The van der Waals surface area contributed by atoms with Gasteiger partial charge in [-0.1, -0.05) is 30.3 Å². The molecule has 0 aliphatic carbocycles. The number of ketones is 1. The summed E-state index contributed by atoms with van der Waals surface area (Å²) in [4.78, 5) is 23.5. The van der Waals surface area contributed by atoms with Crippen LogP contribution < -0.4 is 5.32 Å². The van der Waals surface area contributed by atoms with Crippen molar-refractivity contribution >= 4 is 11.7 Å². The van der Waals surface area contributed by atoms with Crippen LogP contribution in [0.3, 0.4) is 0 Å². The Morgan fingerprint density at radius 2 is 2.00 bits per heavy atom. The third kappa shape index (κ3) is 3.51. The van der Waals surface area contributed by atoms with Crippen molar-refractivity contribution in [2.24, 2.45) is 0 Å². The number of aromatic nitrogens is 2. The molecule has 0 spiro atoms. The van der Waals surface area contributed by atoms with Crippen molar-refractivity contribution in [2.75, 3.05) is 0 Å². The molecule has 0 radical (unpaired) electrons. The van der Waals surface area contributed by atoms with Gasteiger partial charge in [-0.3, -0.25) is 14.7 Å². The van der Waals surface area contributed by atoms with Gasteiger partial charge in [0, 0.05) is 23.4 Å². The first-order valence-corrected chi connectivity index (χ1v) is 6.00. The highest BCUT2D eigenvalue weighted by molar-refractivity contribution is 6.07. The van der Waals surface area contributed by atoms with E-state index in [9.17, 15) is 9.59 Å². The highest BCUT2D eigenvalue weighted by atomic mass is 16.2. The minimum absolute atomic E-state index is 0.138. The van der Waals surface area contributed by atoms with Gasteiger partial charge in [-0.15, -0.1) is 0 Å². The zero-order valence-corrected chi connectivity index (χ0v) is 10.6. The molecule has 0 fully saturated rings. The van der Waals surface area contributed by atoms with Gasteiger partial charge < -0.3 is 5.32 Å². The summed E-state index contributed by atoms with van der Waals surface area (Å²) < 4.78 is 0. The maximum Gasteiger partial charge on any atom is 0.228 e. The van der Waals surface area contributed by atoms with Gasteiger partial charge in [0.05, 0.1) is 12.6 Å². The Bertz CT molecular complexity index is 575. The lowest BCUT2D eigenvalue weighted by molar-refractivity contribution is -0.120. The third-order valence-corrected chi connectivity index (χ3v) is 2.83. The quantitative estimate of drug-likeness (QED) is 0.631. The summed E-state index contributed by atoms with van der Waals surface area (Å²) in [6.45, 7) is 2.26. The summed E-state index contributed by atoms with van der Waals surface area (Å²) in [5, 5.41) is 9.36. The van der Waals surface area contributed by atoms with Crippen molar-refractivity contribution in [3.63, 3.8) is 0 Å². The van der Waals surface area contributed by atoms with E-state index in [-0.39, 0.29) is 18.1 Å². The van der Waals surface area contributed by atoms with Gasteiger partial charge in [0.1, 0.15) is 0 Å². The van der Waals surface area contributed by atoms with Crippen molar-refractivity contribution in [3.8, 4) is 0 Å². The van der Waals surface area contributed by atoms with Gasteiger partial charge >= 0.3 is 0 Å². The SMILES string of the molecule is Cc1[nH]ncc1CNC(=O)CC(=O)c1ccccc1. The maximum absolute atomic E-state index is 11.8. The summed E-state index contributed by atoms with van der Waals surface area (Å²) in [6, 6.07) is 8.80. The van der Waals surface area contributed by atoms with E-state index in [1.807, 2.05) is 13.0 Å². The lowest BCUT2D eigenvalue weighted by Crippen LogP contribution is -2.25. The zero-order valence-electron chi connectivity index (χ0n) is 10.6.